The molecule has 0 N–H and O–H groups in total. The molecule has 1 aromatic heterocycles. The first-order valence-electron chi connectivity index (χ1n) is 6.48. The van der Waals surface area contributed by atoms with Crippen LogP contribution in [-0.2, 0) is 10.8 Å². The summed E-state index contributed by atoms with van der Waals surface area (Å²) in [6.07, 6.45) is 2.65. The summed E-state index contributed by atoms with van der Waals surface area (Å²) in [6, 6.07) is 6.03. The smallest absolute Gasteiger partial charge is 0.191 e. The molecular formula is C15H25NOSi. The zero-order valence-electron chi connectivity index (χ0n) is 12.3. The highest BCUT2D eigenvalue weighted by Crippen LogP contribution is 2.36. The Morgan fingerprint density at radius 1 is 1.33 bits per heavy atom. The van der Waals surface area contributed by atoms with Crippen LogP contribution in [0.3, 0.4) is 0 Å². The van der Waals surface area contributed by atoms with Crippen molar-refractivity contribution in [2.24, 2.45) is 0 Å². The monoisotopic (exact) mass is 263 g/mol. The topological polar surface area (TPSA) is 22.1 Å². The van der Waals surface area contributed by atoms with Gasteiger partial charge in [-0.2, -0.15) is 0 Å². The Bertz CT molecular complexity index is 407. The number of pyridine rings is 1. The number of rotatable bonds is 5. The van der Waals surface area contributed by atoms with Crippen LogP contribution in [0.4, 0.5) is 0 Å². The Balaban J connectivity index is 2.54. The molecule has 0 unspecified atom stereocenters. The molecule has 18 heavy (non-hydrogen) atoms. The van der Waals surface area contributed by atoms with Gasteiger partial charge in [-0.1, -0.05) is 33.4 Å². The van der Waals surface area contributed by atoms with Gasteiger partial charge in [0.05, 0.1) is 5.69 Å². The minimum Gasteiger partial charge on any atom is -0.416 e. The van der Waals surface area contributed by atoms with Crippen LogP contribution in [-0.4, -0.2) is 19.9 Å². The maximum absolute atomic E-state index is 6.14. The molecule has 0 aliphatic carbocycles. The number of aromatic nitrogens is 1. The predicted octanol–water partition coefficient (Wildman–Crippen LogP) is 4.29. The third kappa shape index (κ3) is 4.07. The lowest BCUT2D eigenvalue weighted by atomic mass is 10.2. The van der Waals surface area contributed by atoms with E-state index in [1.54, 1.807) is 6.08 Å². The Kier molecular flexibility index (Phi) is 4.88. The molecule has 0 fully saturated rings. The lowest BCUT2D eigenvalue weighted by molar-refractivity contribution is 0.291. The molecule has 0 amide bonds. The Labute approximate surface area is 112 Å². The molecule has 0 spiro atoms. The molecule has 0 atom stereocenters. The van der Waals surface area contributed by atoms with Crippen LogP contribution in [0.5, 0.6) is 0 Å². The molecular weight excluding hydrogens is 238 g/mol. The predicted molar refractivity (Wildman–Crippen MR) is 81.2 cm³/mol. The second-order valence-corrected chi connectivity index (χ2v) is 10.9. The zero-order chi connectivity index (χ0) is 13.8. The minimum absolute atomic E-state index is 0.267. The summed E-state index contributed by atoms with van der Waals surface area (Å²) in [6.45, 7) is 15.8. The molecule has 0 saturated carbocycles. The van der Waals surface area contributed by atoms with Crippen molar-refractivity contribution in [2.45, 2.75) is 45.3 Å². The van der Waals surface area contributed by atoms with Gasteiger partial charge in [-0.3, -0.25) is 4.98 Å². The summed E-state index contributed by atoms with van der Waals surface area (Å²) in [7, 11) is -1.63. The van der Waals surface area contributed by atoms with Crippen molar-refractivity contribution in [1.82, 2.24) is 4.98 Å². The Morgan fingerprint density at radius 2 is 2.00 bits per heavy atom. The molecule has 0 aromatic carbocycles. The van der Waals surface area contributed by atoms with E-state index in [2.05, 4.69) is 45.4 Å². The maximum atomic E-state index is 6.14. The number of nitrogens with zero attached hydrogens (tertiary/aromatic N) is 1. The van der Waals surface area contributed by atoms with Gasteiger partial charge >= 0.3 is 0 Å². The lowest BCUT2D eigenvalue weighted by Crippen LogP contribution is -2.41. The third-order valence-electron chi connectivity index (χ3n) is 3.66. The van der Waals surface area contributed by atoms with Crippen LogP contribution >= 0.6 is 0 Å². The fourth-order valence-corrected chi connectivity index (χ4v) is 2.42. The van der Waals surface area contributed by atoms with Gasteiger partial charge < -0.3 is 4.43 Å². The zero-order valence-corrected chi connectivity index (χ0v) is 13.3. The summed E-state index contributed by atoms with van der Waals surface area (Å²) >= 11 is 0. The van der Waals surface area contributed by atoms with E-state index >= 15 is 0 Å². The molecule has 0 radical (unpaired) electrons. The quantitative estimate of drug-likeness (QED) is 0.739. The van der Waals surface area contributed by atoms with Crippen LogP contribution in [0.25, 0.3) is 6.08 Å². The molecule has 0 aliphatic heterocycles. The lowest BCUT2D eigenvalue weighted by Gasteiger charge is -2.36. The van der Waals surface area contributed by atoms with Crippen LogP contribution in [0.1, 0.15) is 32.2 Å². The summed E-state index contributed by atoms with van der Waals surface area (Å²) in [5, 5.41) is 0.267. The average molecular weight is 263 g/mol. The second kappa shape index (κ2) is 5.80. The number of hydrogen-bond donors (Lipinski definition) is 0. The SMILES string of the molecule is C=Cc1cccc(CCO[Si](C)(C)C(C)(C)C)n1. The highest BCUT2D eigenvalue weighted by atomic mass is 28.4. The van der Waals surface area contributed by atoms with Crippen LogP contribution in [0.2, 0.25) is 18.1 Å². The van der Waals surface area contributed by atoms with Crippen LogP contribution in [0, 0.1) is 0 Å². The van der Waals surface area contributed by atoms with Crippen molar-refractivity contribution in [3.05, 3.63) is 36.2 Å². The van der Waals surface area contributed by atoms with Crippen LogP contribution < -0.4 is 0 Å². The molecule has 2 nitrogen and oxygen atoms in total. The first kappa shape index (κ1) is 15.1. The fourth-order valence-electron chi connectivity index (χ4n) is 1.38. The first-order chi connectivity index (χ1) is 8.26. The molecule has 0 saturated heterocycles. The number of hydrogen-bond acceptors (Lipinski definition) is 2. The molecule has 3 heteroatoms. The van der Waals surface area contributed by atoms with Gasteiger partial charge in [-0.15, -0.1) is 0 Å². The van der Waals surface area contributed by atoms with E-state index in [1.807, 2.05) is 18.2 Å². The molecule has 100 valence electrons. The van der Waals surface area contributed by atoms with Gasteiger partial charge in [0, 0.05) is 18.7 Å². The summed E-state index contributed by atoms with van der Waals surface area (Å²) in [4.78, 5) is 4.49. The summed E-state index contributed by atoms with van der Waals surface area (Å²) < 4.78 is 6.14. The van der Waals surface area contributed by atoms with Crippen molar-refractivity contribution in [3.8, 4) is 0 Å². The van der Waals surface area contributed by atoms with Gasteiger partial charge in [0.25, 0.3) is 0 Å². The Morgan fingerprint density at radius 3 is 2.56 bits per heavy atom. The van der Waals surface area contributed by atoms with E-state index in [0.717, 1.165) is 24.4 Å². The van der Waals surface area contributed by atoms with Crippen molar-refractivity contribution < 1.29 is 4.43 Å². The minimum atomic E-state index is -1.63. The van der Waals surface area contributed by atoms with Gasteiger partial charge in [0.1, 0.15) is 0 Å². The van der Waals surface area contributed by atoms with E-state index in [4.69, 9.17) is 4.43 Å². The van der Waals surface area contributed by atoms with E-state index in [-0.39, 0.29) is 5.04 Å². The van der Waals surface area contributed by atoms with E-state index < -0.39 is 8.32 Å². The summed E-state index contributed by atoms with van der Waals surface area (Å²) in [5.74, 6) is 0. The van der Waals surface area contributed by atoms with Gasteiger partial charge in [0.15, 0.2) is 8.32 Å². The standard InChI is InChI=1S/C15H25NOSi/c1-7-13-9-8-10-14(16-13)11-12-17-18(5,6)15(2,3)4/h7-10H,1,11-12H2,2-6H3. The molecule has 0 bridgehead atoms. The highest BCUT2D eigenvalue weighted by Gasteiger charge is 2.36. The van der Waals surface area contributed by atoms with Crippen molar-refractivity contribution in [1.29, 1.82) is 0 Å². The van der Waals surface area contributed by atoms with Gasteiger partial charge in [-0.05, 0) is 36.3 Å². The first-order valence-corrected chi connectivity index (χ1v) is 9.39. The van der Waals surface area contributed by atoms with Crippen molar-refractivity contribution in [3.63, 3.8) is 0 Å². The van der Waals surface area contributed by atoms with E-state index in [9.17, 15) is 0 Å². The molecule has 1 heterocycles. The second-order valence-electron chi connectivity index (χ2n) is 6.12. The van der Waals surface area contributed by atoms with Crippen LogP contribution in [0.15, 0.2) is 24.8 Å². The third-order valence-corrected chi connectivity index (χ3v) is 8.20. The molecule has 1 aromatic rings. The van der Waals surface area contributed by atoms with Gasteiger partial charge in [-0.25, -0.2) is 0 Å². The average Bonchev–Trinajstić information content (AvgIpc) is 2.27. The van der Waals surface area contributed by atoms with Crippen molar-refractivity contribution in [2.75, 3.05) is 6.61 Å². The normalized spacial score (nSPS) is 12.5. The maximum Gasteiger partial charge on any atom is 0.191 e. The Hall–Kier alpha value is -0.933. The molecule has 1 rings (SSSR count). The molecule has 0 aliphatic rings. The van der Waals surface area contributed by atoms with E-state index in [0.29, 0.717) is 0 Å². The largest absolute Gasteiger partial charge is 0.416 e. The summed E-state index contributed by atoms with van der Waals surface area (Å²) in [5.41, 5.74) is 2.01. The van der Waals surface area contributed by atoms with E-state index in [1.165, 1.54) is 0 Å². The van der Waals surface area contributed by atoms with Crippen molar-refractivity contribution >= 4 is 14.4 Å². The highest BCUT2D eigenvalue weighted by molar-refractivity contribution is 6.74. The fraction of sp³-hybridized carbons (Fsp3) is 0.533. The van der Waals surface area contributed by atoms with Gasteiger partial charge in [0.2, 0.25) is 0 Å².